The summed E-state index contributed by atoms with van der Waals surface area (Å²) in [6, 6.07) is 0. The molecule has 5 heteroatoms. The zero-order valence-electron chi connectivity index (χ0n) is 8.09. The first kappa shape index (κ1) is 10.5. The number of fused-ring (bicyclic) bond motifs is 1. The molecule has 0 amide bonds. The number of hydrogen-bond donors (Lipinski definition) is 1. The molecule has 1 atom stereocenters. The van der Waals surface area contributed by atoms with Crippen molar-refractivity contribution in [3.63, 3.8) is 0 Å². The largest absolute Gasteiger partial charge is 0.406 e. The highest BCUT2D eigenvalue weighted by atomic mass is 19.4. The molecule has 2 rings (SSSR count). The van der Waals surface area contributed by atoms with Gasteiger partial charge in [0.25, 0.3) is 0 Å². The molecule has 0 spiro atoms. The van der Waals surface area contributed by atoms with Crippen molar-refractivity contribution in [1.82, 2.24) is 4.57 Å². The van der Waals surface area contributed by atoms with Crippen LogP contribution >= 0.6 is 0 Å². The van der Waals surface area contributed by atoms with E-state index < -0.39 is 18.8 Å². The van der Waals surface area contributed by atoms with E-state index in [2.05, 4.69) is 0 Å². The molecule has 0 radical (unpaired) electrons. The number of aliphatic hydroxyl groups is 1. The van der Waals surface area contributed by atoms with Gasteiger partial charge in [-0.1, -0.05) is 0 Å². The molecule has 0 fully saturated rings. The van der Waals surface area contributed by atoms with Gasteiger partial charge < -0.3 is 9.67 Å². The van der Waals surface area contributed by atoms with E-state index in [4.69, 9.17) is 0 Å². The molecule has 84 valence electrons. The molecule has 1 aromatic rings. The third-order valence-electron chi connectivity index (χ3n) is 2.64. The van der Waals surface area contributed by atoms with Crippen LogP contribution in [0.2, 0.25) is 0 Å². The van der Waals surface area contributed by atoms with Gasteiger partial charge in [-0.2, -0.15) is 13.2 Å². The number of aromatic nitrogens is 1. The quantitative estimate of drug-likeness (QED) is 0.771. The van der Waals surface area contributed by atoms with Crippen LogP contribution in [0.1, 0.15) is 30.1 Å². The normalized spacial score (nSPS) is 21.5. The summed E-state index contributed by atoms with van der Waals surface area (Å²) in [6.45, 7) is -0.979. The third-order valence-corrected chi connectivity index (χ3v) is 2.64. The molecule has 0 aliphatic heterocycles. The summed E-state index contributed by atoms with van der Waals surface area (Å²) in [5.74, 6) is 0. The lowest BCUT2D eigenvalue weighted by atomic mass is 9.93. The van der Waals surface area contributed by atoms with Crippen molar-refractivity contribution >= 4 is 0 Å². The number of alkyl halides is 3. The second-order valence-corrected chi connectivity index (χ2v) is 3.93. The Kier molecular flexibility index (Phi) is 2.50. The van der Waals surface area contributed by atoms with Gasteiger partial charge in [-0.25, -0.2) is 0 Å². The molecule has 0 aromatic carbocycles. The summed E-state index contributed by atoms with van der Waals surface area (Å²) in [4.78, 5) is 0. The maximum absolute atomic E-state index is 12.1. The molecule has 1 aromatic heterocycles. The molecule has 1 aliphatic rings. The van der Waals surface area contributed by atoms with Crippen LogP contribution in [0, 0.1) is 0 Å². The first-order valence-corrected chi connectivity index (χ1v) is 4.89. The molecule has 0 saturated carbocycles. The van der Waals surface area contributed by atoms with Crippen LogP contribution in [0.15, 0.2) is 12.4 Å². The van der Waals surface area contributed by atoms with Gasteiger partial charge in [0.05, 0.1) is 6.10 Å². The molecule has 0 saturated heterocycles. The van der Waals surface area contributed by atoms with Gasteiger partial charge in [-0.05, 0) is 24.8 Å². The van der Waals surface area contributed by atoms with Crippen LogP contribution in [-0.4, -0.2) is 15.8 Å². The Morgan fingerprint density at radius 2 is 2.13 bits per heavy atom. The zero-order valence-corrected chi connectivity index (χ0v) is 8.09. The van der Waals surface area contributed by atoms with Gasteiger partial charge in [0, 0.05) is 18.0 Å². The Morgan fingerprint density at radius 3 is 2.73 bits per heavy atom. The fourth-order valence-electron chi connectivity index (χ4n) is 2.02. The molecule has 1 unspecified atom stereocenters. The summed E-state index contributed by atoms with van der Waals surface area (Å²) in [6.07, 6.45) is 0.345. The Bertz CT molecular complexity index is 356. The number of rotatable bonds is 1. The van der Waals surface area contributed by atoms with Gasteiger partial charge >= 0.3 is 6.18 Å². The number of aliphatic hydroxyl groups excluding tert-OH is 1. The van der Waals surface area contributed by atoms with Crippen LogP contribution in [0.5, 0.6) is 0 Å². The minimum Gasteiger partial charge on any atom is -0.388 e. The van der Waals surface area contributed by atoms with Gasteiger partial charge in [0.2, 0.25) is 0 Å². The van der Waals surface area contributed by atoms with Crippen LogP contribution in [0.3, 0.4) is 0 Å². The number of halogens is 3. The predicted octanol–water partition coefficient (Wildman–Crippen LogP) is 2.42. The molecular formula is C10H12F3NO. The van der Waals surface area contributed by atoms with Gasteiger partial charge in [0.1, 0.15) is 6.54 Å². The van der Waals surface area contributed by atoms with E-state index in [0.717, 1.165) is 23.0 Å². The Hall–Kier alpha value is -0.970. The number of nitrogens with zero attached hydrogens (tertiary/aromatic N) is 1. The average molecular weight is 219 g/mol. The van der Waals surface area contributed by atoms with Crippen LogP contribution < -0.4 is 0 Å². The van der Waals surface area contributed by atoms with E-state index in [0.29, 0.717) is 12.0 Å². The lowest BCUT2D eigenvalue weighted by Crippen LogP contribution is -2.16. The van der Waals surface area contributed by atoms with E-state index in [1.807, 2.05) is 0 Å². The van der Waals surface area contributed by atoms with Crippen molar-refractivity contribution in [2.24, 2.45) is 0 Å². The van der Waals surface area contributed by atoms with Gasteiger partial charge in [-0.3, -0.25) is 0 Å². The van der Waals surface area contributed by atoms with Crippen LogP contribution in [0.4, 0.5) is 13.2 Å². The lowest BCUT2D eigenvalue weighted by Gasteiger charge is -2.16. The summed E-state index contributed by atoms with van der Waals surface area (Å²) < 4.78 is 37.5. The van der Waals surface area contributed by atoms with Gasteiger partial charge in [0.15, 0.2) is 0 Å². The standard InChI is InChI=1S/C10H12F3NO/c11-10(12,13)6-14-4-7-2-1-3-9(15)8(7)5-14/h4-5,9,15H,1-3,6H2. The van der Waals surface area contributed by atoms with Crippen molar-refractivity contribution in [2.45, 2.75) is 38.1 Å². The fourth-order valence-corrected chi connectivity index (χ4v) is 2.02. The molecule has 1 N–H and O–H groups in total. The maximum atomic E-state index is 12.1. The topological polar surface area (TPSA) is 25.2 Å². The zero-order chi connectivity index (χ0) is 11.1. The highest BCUT2D eigenvalue weighted by Gasteiger charge is 2.29. The second kappa shape index (κ2) is 3.56. The van der Waals surface area contributed by atoms with Crippen LogP contribution in [0.25, 0.3) is 0 Å². The van der Waals surface area contributed by atoms with Crippen molar-refractivity contribution in [1.29, 1.82) is 0 Å². The van der Waals surface area contributed by atoms with Crippen molar-refractivity contribution in [3.8, 4) is 0 Å². The van der Waals surface area contributed by atoms with Crippen LogP contribution in [-0.2, 0) is 13.0 Å². The number of aryl methyl sites for hydroxylation is 1. The SMILES string of the molecule is OC1CCCc2cn(CC(F)(F)F)cc21. The molecule has 0 bridgehead atoms. The van der Waals surface area contributed by atoms with E-state index in [1.54, 1.807) is 0 Å². The molecule has 1 heterocycles. The van der Waals surface area contributed by atoms with Crippen molar-refractivity contribution < 1.29 is 18.3 Å². The summed E-state index contributed by atoms with van der Waals surface area (Å²) in [5, 5.41) is 9.58. The summed E-state index contributed by atoms with van der Waals surface area (Å²) in [7, 11) is 0. The van der Waals surface area contributed by atoms with Gasteiger partial charge in [-0.15, -0.1) is 0 Å². The monoisotopic (exact) mass is 219 g/mol. The summed E-state index contributed by atoms with van der Waals surface area (Å²) in [5.41, 5.74) is 1.50. The first-order valence-electron chi connectivity index (χ1n) is 4.89. The molecular weight excluding hydrogens is 207 g/mol. The maximum Gasteiger partial charge on any atom is 0.406 e. The highest BCUT2D eigenvalue weighted by molar-refractivity contribution is 5.29. The fraction of sp³-hybridized carbons (Fsp3) is 0.600. The Balaban J connectivity index is 2.22. The smallest absolute Gasteiger partial charge is 0.388 e. The molecule has 2 nitrogen and oxygen atoms in total. The first-order chi connectivity index (χ1) is 6.96. The van der Waals surface area contributed by atoms with E-state index in [9.17, 15) is 18.3 Å². The predicted molar refractivity (Wildman–Crippen MR) is 48.4 cm³/mol. The Labute approximate surface area is 85.3 Å². The Morgan fingerprint density at radius 1 is 1.40 bits per heavy atom. The molecule has 15 heavy (non-hydrogen) atoms. The van der Waals surface area contributed by atoms with E-state index >= 15 is 0 Å². The minimum absolute atomic E-state index is 0.594. The van der Waals surface area contributed by atoms with E-state index in [1.165, 1.54) is 12.4 Å². The second-order valence-electron chi connectivity index (χ2n) is 3.93. The highest BCUT2D eigenvalue weighted by Crippen LogP contribution is 2.31. The number of hydrogen-bond acceptors (Lipinski definition) is 1. The van der Waals surface area contributed by atoms with Crippen molar-refractivity contribution in [2.75, 3.05) is 0 Å². The average Bonchev–Trinajstić information content (AvgIpc) is 2.45. The van der Waals surface area contributed by atoms with E-state index in [-0.39, 0.29) is 0 Å². The lowest BCUT2D eigenvalue weighted by molar-refractivity contribution is -0.140. The minimum atomic E-state index is -4.20. The molecule has 1 aliphatic carbocycles. The third kappa shape index (κ3) is 2.34. The van der Waals surface area contributed by atoms with Crippen molar-refractivity contribution in [3.05, 3.63) is 23.5 Å². The summed E-state index contributed by atoms with van der Waals surface area (Å²) >= 11 is 0.